The fourth-order valence-electron chi connectivity index (χ4n) is 1.10. The average Bonchev–Trinajstić information content (AvgIpc) is 2.15. The van der Waals surface area contributed by atoms with E-state index < -0.39 is 15.6 Å². The molecule has 0 aliphatic rings. The van der Waals surface area contributed by atoms with Crippen LogP contribution in [0.3, 0.4) is 0 Å². The smallest absolute Gasteiger partial charge is 0.292 e. The molecule has 0 spiro atoms. The Morgan fingerprint density at radius 1 is 1.19 bits per heavy atom. The fourth-order valence-corrected chi connectivity index (χ4v) is 1.52. The van der Waals surface area contributed by atoms with Gasteiger partial charge in [-0.05, 0) is 30.5 Å². The van der Waals surface area contributed by atoms with Gasteiger partial charge in [0.2, 0.25) is 0 Å². The third-order valence-corrected chi connectivity index (χ3v) is 2.88. The van der Waals surface area contributed by atoms with Gasteiger partial charge in [-0.25, -0.2) is 0 Å². The molecule has 1 rings (SSSR count). The molecule has 1 aromatic rings. The molecule has 5 nitrogen and oxygen atoms in total. The van der Waals surface area contributed by atoms with Crippen molar-refractivity contribution in [1.29, 1.82) is 0 Å². The van der Waals surface area contributed by atoms with Gasteiger partial charge in [0.05, 0.1) is 0 Å². The summed E-state index contributed by atoms with van der Waals surface area (Å²) in [6.45, 7) is 0. The molecule has 0 amide bonds. The van der Waals surface area contributed by atoms with Crippen LogP contribution in [0.5, 0.6) is 5.75 Å². The van der Waals surface area contributed by atoms with Gasteiger partial charge in [0.25, 0.3) is 10.1 Å². The summed E-state index contributed by atoms with van der Waals surface area (Å²) in [7, 11) is -4.37. The number of benzene rings is 1. The molecule has 1 radical (unpaired) electrons. The second kappa shape index (κ2) is 6.58. The second-order valence-corrected chi connectivity index (χ2v) is 4.75. The first-order valence-electron chi connectivity index (χ1n) is 4.32. The van der Waals surface area contributed by atoms with E-state index in [4.69, 9.17) is 14.8 Å². The van der Waals surface area contributed by atoms with Crippen LogP contribution in [0.15, 0.2) is 24.3 Å². The van der Waals surface area contributed by atoms with Crippen molar-refractivity contribution in [3.8, 4) is 5.75 Å². The number of phenols is 1. The molecule has 0 saturated heterocycles. The van der Waals surface area contributed by atoms with E-state index in [9.17, 15) is 8.42 Å². The van der Waals surface area contributed by atoms with Gasteiger partial charge < -0.3 is 10.2 Å². The average molecular weight is 255 g/mol. The first kappa shape index (κ1) is 15.9. The number of aliphatic hydroxyl groups is 1. The Morgan fingerprint density at radius 2 is 1.69 bits per heavy atom. The molecular weight excluding hydrogens is 243 g/mol. The first-order chi connectivity index (χ1) is 6.89. The molecule has 7 heteroatoms. The van der Waals surface area contributed by atoms with Crippen LogP contribution in [0.2, 0.25) is 0 Å². The van der Waals surface area contributed by atoms with E-state index in [1.807, 2.05) is 0 Å². The predicted octanol–water partition coefficient (Wildman–Crippen LogP) is 0.150. The van der Waals surface area contributed by atoms with Gasteiger partial charge in [0.15, 0.2) is 5.44 Å². The van der Waals surface area contributed by atoms with Crippen molar-refractivity contribution in [2.24, 2.45) is 0 Å². The number of phenolic OH excluding ortho intramolecular Hbond substituents is 1. The minimum atomic E-state index is -4.37. The van der Waals surface area contributed by atoms with Crippen molar-refractivity contribution in [3.63, 3.8) is 0 Å². The number of hydrogen-bond donors (Lipinski definition) is 3. The van der Waals surface area contributed by atoms with Crippen LogP contribution in [0.4, 0.5) is 0 Å². The van der Waals surface area contributed by atoms with E-state index >= 15 is 0 Å². The van der Waals surface area contributed by atoms with Crippen LogP contribution in [0.25, 0.3) is 0 Å². The molecule has 1 unspecified atom stereocenters. The molecule has 1 aromatic carbocycles. The molecule has 16 heavy (non-hydrogen) atoms. The first-order valence-corrected chi connectivity index (χ1v) is 5.82. The number of rotatable bonds is 4. The van der Waals surface area contributed by atoms with Gasteiger partial charge in [0, 0.05) is 29.6 Å². The Morgan fingerprint density at radius 3 is 2.12 bits per heavy atom. The van der Waals surface area contributed by atoms with Gasteiger partial charge in [-0.3, -0.25) is 4.55 Å². The number of aryl methyl sites for hydroxylation is 1. The Balaban J connectivity index is 0.00000225. The van der Waals surface area contributed by atoms with Crippen molar-refractivity contribution < 1.29 is 23.2 Å². The standard InChI is InChI=1S/C9H12O5S.Na/c10-8-4-1-7(2-5-8)3-6-9(11)15(12,13)14;/h1-2,4-5,9-11H,3,6H2,(H,12,13,14);. The van der Waals surface area contributed by atoms with Gasteiger partial charge in [-0.15, -0.1) is 0 Å². The van der Waals surface area contributed by atoms with E-state index in [-0.39, 0.29) is 41.7 Å². The van der Waals surface area contributed by atoms with Crippen molar-refractivity contribution >= 4 is 39.7 Å². The molecule has 85 valence electrons. The molecule has 0 bridgehead atoms. The summed E-state index contributed by atoms with van der Waals surface area (Å²) in [6.07, 6.45) is 0.227. The van der Waals surface area contributed by atoms with Crippen molar-refractivity contribution in [1.82, 2.24) is 0 Å². The molecule has 0 fully saturated rings. The number of hydrogen-bond acceptors (Lipinski definition) is 4. The zero-order chi connectivity index (χ0) is 11.5. The number of aliphatic hydroxyl groups excluding tert-OH is 1. The van der Waals surface area contributed by atoms with Crippen LogP contribution < -0.4 is 0 Å². The minimum absolute atomic E-state index is 0. The molecule has 1 atom stereocenters. The quantitative estimate of drug-likeness (QED) is 0.526. The van der Waals surface area contributed by atoms with Crippen LogP contribution in [0, 0.1) is 0 Å². The van der Waals surface area contributed by atoms with E-state index in [1.165, 1.54) is 12.1 Å². The molecule has 0 heterocycles. The normalized spacial score (nSPS) is 12.9. The maximum absolute atomic E-state index is 10.5. The second-order valence-electron chi connectivity index (χ2n) is 3.17. The summed E-state index contributed by atoms with van der Waals surface area (Å²) in [5.41, 5.74) is -0.984. The Kier molecular flexibility index (Phi) is 6.54. The van der Waals surface area contributed by atoms with Crippen LogP contribution >= 0.6 is 0 Å². The summed E-state index contributed by atoms with van der Waals surface area (Å²) in [6, 6.07) is 6.17. The minimum Gasteiger partial charge on any atom is -0.508 e. The van der Waals surface area contributed by atoms with Gasteiger partial charge in [-0.2, -0.15) is 8.42 Å². The monoisotopic (exact) mass is 255 g/mol. The van der Waals surface area contributed by atoms with Gasteiger partial charge in [0.1, 0.15) is 5.75 Å². The zero-order valence-corrected chi connectivity index (χ0v) is 11.7. The van der Waals surface area contributed by atoms with Crippen molar-refractivity contribution in [2.75, 3.05) is 0 Å². The summed E-state index contributed by atoms with van der Waals surface area (Å²) in [4.78, 5) is 0. The third-order valence-electron chi connectivity index (χ3n) is 1.96. The Labute approximate surface area is 116 Å². The van der Waals surface area contributed by atoms with Crippen molar-refractivity contribution in [3.05, 3.63) is 29.8 Å². The summed E-state index contributed by atoms with van der Waals surface area (Å²) in [5.74, 6) is 0.120. The molecule has 3 N–H and O–H groups in total. The maximum Gasteiger partial charge on any atom is 0.292 e. The number of aromatic hydroxyl groups is 1. The predicted molar refractivity (Wildman–Crippen MR) is 59.7 cm³/mol. The molecule has 0 saturated carbocycles. The third kappa shape index (κ3) is 5.29. The van der Waals surface area contributed by atoms with E-state index in [1.54, 1.807) is 12.1 Å². The molecule has 0 aliphatic heterocycles. The van der Waals surface area contributed by atoms with Crippen LogP contribution in [0.1, 0.15) is 12.0 Å². The van der Waals surface area contributed by atoms with E-state index in [2.05, 4.69) is 0 Å². The summed E-state index contributed by atoms with van der Waals surface area (Å²) in [5, 5.41) is 18.0. The Hall–Kier alpha value is -0.110. The zero-order valence-electron chi connectivity index (χ0n) is 8.87. The van der Waals surface area contributed by atoms with E-state index in [0.717, 1.165) is 5.56 Å². The Bertz CT molecular complexity index is 414. The fraction of sp³-hybridized carbons (Fsp3) is 0.333. The van der Waals surface area contributed by atoms with Gasteiger partial charge >= 0.3 is 0 Å². The summed E-state index contributed by atoms with van der Waals surface area (Å²) < 4.78 is 29.4. The van der Waals surface area contributed by atoms with Crippen LogP contribution in [-0.2, 0) is 16.5 Å². The molecular formula is C9H12NaO5S. The van der Waals surface area contributed by atoms with Crippen LogP contribution in [-0.4, -0.2) is 58.2 Å². The van der Waals surface area contributed by atoms with Crippen molar-refractivity contribution in [2.45, 2.75) is 18.3 Å². The largest absolute Gasteiger partial charge is 0.508 e. The summed E-state index contributed by atoms with van der Waals surface area (Å²) >= 11 is 0. The maximum atomic E-state index is 10.5. The van der Waals surface area contributed by atoms with E-state index in [0.29, 0.717) is 6.42 Å². The molecule has 0 aliphatic carbocycles. The van der Waals surface area contributed by atoms with Gasteiger partial charge in [-0.1, -0.05) is 12.1 Å². The SMILES string of the molecule is O=S(=O)(O)C(O)CCc1ccc(O)cc1.[Na]. The molecule has 0 aromatic heterocycles. The topological polar surface area (TPSA) is 94.8 Å².